The van der Waals surface area contributed by atoms with Crippen molar-refractivity contribution in [2.45, 2.75) is 18.9 Å². The Kier molecular flexibility index (Phi) is 2.60. The molecule has 1 saturated heterocycles. The van der Waals surface area contributed by atoms with E-state index in [-0.39, 0.29) is 23.3 Å². The molecule has 80 valence electrons. The van der Waals surface area contributed by atoms with E-state index in [1.165, 1.54) is 12.1 Å². The zero-order chi connectivity index (χ0) is 10.8. The van der Waals surface area contributed by atoms with Crippen molar-refractivity contribution in [3.63, 3.8) is 0 Å². The Labute approximate surface area is 87.6 Å². The van der Waals surface area contributed by atoms with Crippen LogP contribution in [0.25, 0.3) is 0 Å². The van der Waals surface area contributed by atoms with E-state index in [1.807, 2.05) is 0 Å². The molecule has 0 spiro atoms. The van der Waals surface area contributed by atoms with Gasteiger partial charge >= 0.3 is 0 Å². The molecule has 0 aliphatic carbocycles. The van der Waals surface area contributed by atoms with Gasteiger partial charge < -0.3 is 15.5 Å². The number of carbonyl (C=O) groups excluding carboxylic acids is 1. The first kappa shape index (κ1) is 9.98. The van der Waals surface area contributed by atoms with Crippen LogP contribution in [0.1, 0.15) is 12.0 Å². The van der Waals surface area contributed by atoms with Crippen LogP contribution >= 0.6 is 0 Å². The van der Waals surface area contributed by atoms with Crippen LogP contribution in [0.4, 0.5) is 0 Å². The number of hydrogen-bond acceptors (Lipinski definition) is 4. The zero-order valence-corrected chi connectivity index (χ0v) is 8.23. The molecule has 0 radical (unpaired) electrons. The van der Waals surface area contributed by atoms with Gasteiger partial charge in [-0.15, -0.1) is 0 Å². The minimum absolute atomic E-state index is 0.135. The first-order valence-electron chi connectivity index (χ1n) is 4.94. The van der Waals surface area contributed by atoms with Crippen molar-refractivity contribution in [3.05, 3.63) is 23.8 Å². The molecule has 0 amide bonds. The monoisotopic (exact) mass is 207 g/mol. The highest BCUT2D eigenvalue weighted by atomic mass is 16.3. The smallest absolute Gasteiger partial charge is 0.157 e. The van der Waals surface area contributed by atoms with Crippen LogP contribution in [-0.2, 0) is 11.2 Å². The topological polar surface area (TPSA) is 69.6 Å². The van der Waals surface area contributed by atoms with E-state index in [2.05, 4.69) is 5.32 Å². The molecule has 1 fully saturated rings. The number of carbonyl (C=O) groups is 1. The summed E-state index contributed by atoms with van der Waals surface area (Å²) in [5.41, 5.74) is 0.845. The van der Waals surface area contributed by atoms with Crippen LogP contribution in [0.5, 0.6) is 11.5 Å². The number of aromatic hydroxyl groups is 2. The van der Waals surface area contributed by atoms with E-state index in [0.29, 0.717) is 12.8 Å². The molecule has 1 aromatic rings. The molecule has 1 aliphatic heterocycles. The van der Waals surface area contributed by atoms with Gasteiger partial charge in [-0.1, -0.05) is 6.07 Å². The Bertz CT molecular complexity index is 389. The van der Waals surface area contributed by atoms with E-state index < -0.39 is 0 Å². The molecule has 4 heteroatoms. The van der Waals surface area contributed by atoms with Gasteiger partial charge in [-0.3, -0.25) is 4.79 Å². The summed E-state index contributed by atoms with van der Waals surface area (Å²) in [6, 6.07) is 4.49. The highest BCUT2D eigenvalue weighted by Gasteiger charge is 2.23. The largest absolute Gasteiger partial charge is 0.504 e. The molecule has 1 heterocycles. The summed E-state index contributed by atoms with van der Waals surface area (Å²) < 4.78 is 0. The first-order valence-corrected chi connectivity index (χ1v) is 4.94. The van der Waals surface area contributed by atoms with E-state index in [1.54, 1.807) is 6.07 Å². The lowest BCUT2D eigenvalue weighted by Crippen LogP contribution is -2.29. The number of nitrogens with one attached hydrogen (secondary N) is 1. The molecule has 1 atom stereocenters. The molecule has 15 heavy (non-hydrogen) atoms. The van der Waals surface area contributed by atoms with Gasteiger partial charge in [0.25, 0.3) is 0 Å². The van der Waals surface area contributed by atoms with Crippen molar-refractivity contribution in [2.24, 2.45) is 0 Å². The Morgan fingerprint density at radius 3 is 2.73 bits per heavy atom. The van der Waals surface area contributed by atoms with E-state index in [4.69, 9.17) is 5.11 Å². The van der Waals surface area contributed by atoms with Crippen molar-refractivity contribution in [1.29, 1.82) is 0 Å². The van der Waals surface area contributed by atoms with Crippen LogP contribution < -0.4 is 5.32 Å². The molecule has 1 aromatic carbocycles. The summed E-state index contributed by atoms with van der Waals surface area (Å²) >= 11 is 0. The Balaban J connectivity index is 2.10. The van der Waals surface area contributed by atoms with Gasteiger partial charge in [0, 0.05) is 13.0 Å². The standard InChI is InChI=1S/C11H13NO3/c13-9-3-4-12-8(9)5-7-1-2-10(14)11(15)6-7/h1-2,6,8,12,14-15H,3-5H2. The van der Waals surface area contributed by atoms with Gasteiger partial charge in [-0.2, -0.15) is 0 Å². The fourth-order valence-corrected chi connectivity index (χ4v) is 1.78. The zero-order valence-electron chi connectivity index (χ0n) is 8.23. The quantitative estimate of drug-likeness (QED) is 0.620. The second kappa shape index (κ2) is 3.90. The van der Waals surface area contributed by atoms with Crippen molar-refractivity contribution in [2.75, 3.05) is 6.54 Å². The summed E-state index contributed by atoms with van der Waals surface area (Å²) in [4.78, 5) is 11.4. The third kappa shape index (κ3) is 2.10. The molecule has 0 aromatic heterocycles. The lowest BCUT2D eigenvalue weighted by molar-refractivity contribution is -0.118. The number of phenolic OH excluding ortho intramolecular Hbond substituents is 2. The van der Waals surface area contributed by atoms with E-state index in [0.717, 1.165) is 12.1 Å². The first-order chi connectivity index (χ1) is 7.16. The molecule has 0 bridgehead atoms. The summed E-state index contributed by atoms with van der Waals surface area (Å²) in [5.74, 6) is -0.0648. The number of phenols is 2. The number of rotatable bonds is 2. The maximum absolute atomic E-state index is 11.4. The van der Waals surface area contributed by atoms with Crippen molar-refractivity contribution in [3.8, 4) is 11.5 Å². The van der Waals surface area contributed by atoms with E-state index >= 15 is 0 Å². The van der Waals surface area contributed by atoms with Crippen molar-refractivity contribution >= 4 is 5.78 Å². The molecule has 1 unspecified atom stereocenters. The van der Waals surface area contributed by atoms with Gasteiger partial charge in [0.05, 0.1) is 6.04 Å². The highest BCUT2D eigenvalue weighted by molar-refractivity contribution is 5.86. The predicted molar refractivity (Wildman–Crippen MR) is 54.9 cm³/mol. The fourth-order valence-electron chi connectivity index (χ4n) is 1.78. The maximum Gasteiger partial charge on any atom is 0.157 e. The van der Waals surface area contributed by atoms with Crippen LogP contribution in [-0.4, -0.2) is 28.6 Å². The average Bonchev–Trinajstić information content (AvgIpc) is 2.59. The van der Waals surface area contributed by atoms with Crippen molar-refractivity contribution < 1.29 is 15.0 Å². The number of benzene rings is 1. The minimum Gasteiger partial charge on any atom is -0.504 e. The molecular formula is C11H13NO3. The fraction of sp³-hybridized carbons (Fsp3) is 0.364. The van der Waals surface area contributed by atoms with Gasteiger partial charge in [0.1, 0.15) is 0 Å². The molecule has 2 rings (SSSR count). The maximum atomic E-state index is 11.4. The lowest BCUT2D eigenvalue weighted by Gasteiger charge is -2.09. The van der Waals surface area contributed by atoms with Gasteiger partial charge in [-0.05, 0) is 24.1 Å². The number of hydrogen-bond donors (Lipinski definition) is 3. The Morgan fingerprint density at radius 2 is 2.13 bits per heavy atom. The second-order valence-electron chi connectivity index (χ2n) is 3.75. The second-order valence-corrected chi connectivity index (χ2v) is 3.75. The summed E-state index contributed by atoms with van der Waals surface area (Å²) in [6.45, 7) is 0.730. The summed E-state index contributed by atoms with van der Waals surface area (Å²) in [5, 5.41) is 21.5. The highest BCUT2D eigenvalue weighted by Crippen LogP contribution is 2.25. The van der Waals surface area contributed by atoms with Crippen LogP contribution in [0.3, 0.4) is 0 Å². The number of ketones is 1. The predicted octanol–water partition coefficient (Wildman–Crippen LogP) is 0.571. The molecular weight excluding hydrogens is 194 g/mol. The third-order valence-corrected chi connectivity index (χ3v) is 2.63. The molecule has 0 saturated carbocycles. The molecule has 4 nitrogen and oxygen atoms in total. The molecule has 1 aliphatic rings. The summed E-state index contributed by atoms with van der Waals surface area (Å²) in [6.07, 6.45) is 1.14. The van der Waals surface area contributed by atoms with Gasteiger partial charge in [0.2, 0.25) is 0 Å². The third-order valence-electron chi connectivity index (χ3n) is 2.63. The minimum atomic E-state index is -0.144. The normalized spacial score (nSPS) is 20.8. The van der Waals surface area contributed by atoms with Crippen molar-refractivity contribution in [1.82, 2.24) is 5.32 Å². The van der Waals surface area contributed by atoms with Gasteiger partial charge in [-0.25, -0.2) is 0 Å². The van der Waals surface area contributed by atoms with Gasteiger partial charge in [0.15, 0.2) is 17.3 Å². The summed E-state index contributed by atoms with van der Waals surface area (Å²) in [7, 11) is 0. The Hall–Kier alpha value is -1.55. The number of Topliss-reactive ketones (excluding diaryl/α,β-unsaturated/α-hetero) is 1. The lowest BCUT2D eigenvalue weighted by atomic mass is 10.0. The average molecular weight is 207 g/mol. The Morgan fingerprint density at radius 1 is 1.33 bits per heavy atom. The van der Waals surface area contributed by atoms with Crippen LogP contribution in [0, 0.1) is 0 Å². The molecule has 3 N–H and O–H groups in total. The van der Waals surface area contributed by atoms with E-state index in [9.17, 15) is 9.90 Å². The van der Waals surface area contributed by atoms with Crippen LogP contribution in [0.15, 0.2) is 18.2 Å². The SMILES string of the molecule is O=C1CCNC1Cc1ccc(O)c(O)c1. The van der Waals surface area contributed by atoms with Crippen LogP contribution in [0.2, 0.25) is 0 Å².